The van der Waals surface area contributed by atoms with Crippen molar-refractivity contribution in [1.82, 2.24) is 0 Å². The molecule has 0 radical (unpaired) electrons. The highest BCUT2D eigenvalue weighted by Gasteiger charge is 2.07. The highest BCUT2D eigenvalue weighted by Crippen LogP contribution is 2.42. The summed E-state index contributed by atoms with van der Waals surface area (Å²) in [6, 6.07) is 10.4. The smallest absolute Gasteiger partial charge is 0.0398 e. The third-order valence-corrected chi connectivity index (χ3v) is 4.12. The summed E-state index contributed by atoms with van der Waals surface area (Å²) in [4.78, 5) is 0. The molecule has 1 aromatic carbocycles. The van der Waals surface area contributed by atoms with Gasteiger partial charge in [-0.25, -0.2) is 0 Å². The quantitative estimate of drug-likeness (QED) is 0.659. The van der Waals surface area contributed by atoms with E-state index in [1.54, 1.807) is 0 Å². The third kappa shape index (κ3) is 2.57. The molecule has 70 valence electrons. The van der Waals surface area contributed by atoms with Gasteiger partial charge in [0.15, 0.2) is 0 Å². The van der Waals surface area contributed by atoms with E-state index in [4.69, 9.17) is 0 Å². The summed E-state index contributed by atoms with van der Waals surface area (Å²) in [5.41, 5.74) is 1.27. The van der Waals surface area contributed by atoms with Gasteiger partial charge in [0.05, 0.1) is 0 Å². The van der Waals surface area contributed by atoms with E-state index >= 15 is 0 Å². The lowest BCUT2D eigenvalue weighted by Gasteiger charge is -2.26. The molecule has 0 bridgehead atoms. The molecule has 0 saturated carbocycles. The maximum Gasteiger partial charge on any atom is 0.0398 e. The molecule has 13 heavy (non-hydrogen) atoms. The summed E-state index contributed by atoms with van der Waals surface area (Å²) >= 11 is 0. The first kappa shape index (κ1) is 10.3. The largest absolute Gasteiger partial charge is 0.350 e. The minimum absolute atomic E-state index is 0.197. The van der Waals surface area contributed by atoms with Crippen molar-refractivity contribution in [1.29, 1.82) is 0 Å². The SMILES string of the molecule is C=CP(CC)N(C)c1ccccc1. The fraction of sp³-hybridized carbons (Fsp3) is 0.273. The van der Waals surface area contributed by atoms with Crippen LogP contribution in [0.1, 0.15) is 6.92 Å². The van der Waals surface area contributed by atoms with Gasteiger partial charge in [0, 0.05) is 20.8 Å². The fourth-order valence-electron chi connectivity index (χ4n) is 1.26. The van der Waals surface area contributed by atoms with Crippen molar-refractivity contribution < 1.29 is 0 Å². The first-order valence-corrected chi connectivity index (χ1v) is 6.02. The molecule has 1 unspecified atom stereocenters. The molecule has 0 aliphatic carbocycles. The Bertz CT molecular complexity index is 258. The van der Waals surface area contributed by atoms with E-state index in [9.17, 15) is 0 Å². The monoisotopic (exact) mass is 193 g/mol. The first-order valence-electron chi connectivity index (χ1n) is 4.47. The van der Waals surface area contributed by atoms with Crippen LogP contribution in [0.2, 0.25) is 0 Å². The highest BCUT2D eigenvalue weighted by molar-refractivity contribution is 7.62. The average molecular weight is 193 g/mol. The zero-order valence-electron chi connectivity index (χ0n) is 8.27. The van der Waals surface area contributed by atoms with Crippen LogP contribution in [0.4, 0.5) is 5.69 Å². The van der Waals surface area contributed by atoms with Gasteiger partial charge in [-0.05, 0) is 24.1 Å². The van der Waals surface area contributed by atoms with Gasteiger partial charge < -0.3 is 4.67 Å². The van der Waals surface area contributed by atoms with E-state index in [0.29, 0.717) is 0 Å². The van der Waals surface area contributed by atoms with E-state index in [2.05, 4.69) is 55.3 Å². The van der Waals surface area contributed by atoms with Gasteiger partial charge in [0.2, 0.25) is 0 Å². The predicted octanol–water partition coefficient (Wildman–Crippen LogP) is 3.68. The van der Waals surface area contributed by atoms with Crippen molar-refractivity contribution in [3.8, 4) is 0 Å². The summed E-state index contributed by atoms with van der Waals surface area (Å²) in [5.74, 6) is 2.06. The molecule has 0 amide bonds. The van der Waals surface area contributed by atoms with Crippen LogP contribution in [-0.2, 0) is 0 Å². The molecule has 0 N–H and O–H groups in total. The molecule has 0 fully saturated rings. The number of rotatable bonds is 4. The standard InChI is InChI=1S/C11H16NP/c1-4-13(5-2)12(3)11-9-7-6-8-10-11/h4,6-10H,1,5H2,2-3H3. The van der Waals surface area contributed by atoms with E-state index in [1.165, 1.54) is 5.69 Å². The van der Waals surface area contributed by atoms with E-state index in [-0.39, 0.29) is 8.07 Å². The molecule has 0 aliphatic rings. The summed E-state index contributed by atoms with van der Waals surface area (Å²) in [7, 11) is 1.93. The van der Waals surface area contributed by atoms with Crippen LogP contribution in [0.15, 0.2) is 42.7 Å². The molecule has 0 spiro atoms. The van der Waals surface area contributed by atoms with E-state index in [0.717, 1.165) is 6.16 Å². The number of hydrogen-bond acceptors (Lipinski definition) is 1. The van der Waals surface area contributed by atoms with Gasteiger partial charge in [-0.3, -0.25) is 0 Å². The van der Waals surface area contributed by atoms with Crippen LogP contribution in [0.25, 0.3) is 0 Å². The minimum Gasteiger partial charge on any atom is -0.350 e. The van der Waals surface area contributed by atoms with Crippen LogP contribution in [0, 0.1) is 0 Å². The number of hydrogen-bond donors (Lipinski definition) is 0. The maximum absolute atomic E-state index is 3.87. The molecule has 2 heteroatoms. The molecule has 0 saturated heterocycles. The Labute approximate surface area is 81.9 Å². The predicted molar refractivity (Wildman–Crippen MR) is 62.5 cm³/mol. The van der Waals surface area contributed by atoms with Crippen molar-refractivity contribution in [2.24, 2.45) is 0 Å². The second-order valence-corrected chi connectivity index (χ2v) is 5.27. The molecular weight excluding hydrogens is 177 g/mol. The van der Waals surface area contributed by atoms with Crippen molar-refractivity contribution in [3.05, 3.63) is 42.7 Å². The van der Waals surface area contributed by atoms with Gasteiger partial charge >= 0.3 is 0 Å². The van der Waals surface area contributed by atoms with E-state index < -0.39 is 0 Å². The molecule has 1 aromatic rings. The van der Waals surface area contributed by atoms with Crippen LogP contribution in [0.5, 0.6) is 0 Å². The topological polar surface area (TPSA) is 3.24 Å². The zero-order valence-corrected chi connectivity index (χ0v) is 9.17. The lowest BCUT2D eigenvalue weighted by molar-refractivity contribution is 1.31. The Morgan fingerprint density at radius 2 is 2.00 bits per heavy atom. The lowest BCUT2D eigenvalue weighted by atomic mass is 10.3. The van der Waals surface area contributed by atoms with Gasteiger partial charge in [0.25, 0.3) is 0 Å². The van der Waals surface area contributed by atoms with Crippen molar-refractivity contribution in [2.45, 2.75) is 6.92 Å². The summed E-state index contributed by atoms with van der Waals surface area (Å²) in [6.45, 7) is 6.07. The normalized spacial score (nSPS) is 12.2. The van der Waals surface area contributed by atoms with Crippen LogP contribution < -0.4 is 4.67 Å². The molecule has 0 heterocycles. The van der Waals surface area contributed by atoms with Gasteiger partial charge in [-0.1, -0.05) is 31.7 Å². The van der Waals surface area contributed by atoms with Gasteiger partial charge in [0.1, 0.15) is 0 Å². The molecule has 0 aromatic heterocycles. The zero-order chi connectivity index (χ0) is 9.68. The maximum atomic E-state index is 3.87. The van der Waals surface area contributed by atoms with Crippen molar-refractivity contribution >= 4 is 13.8 Å². The third-order valence-electron chi connectivity index (χ3n) is 2.05. The Morgan fingerprint density at radius 1 is 1.38 bits per heavy atom. The summed E-state index contributed by atoms with van der Waals surface area (Å²) in [5, 5.41) is 0. The second kappa shape index (κ2) is 5.04. The van der Waals surface area contributed by atoms with Crippen molar-refractivity contribution in [2.75, 3.05) is 17.9 Å². The van der Waals surface area contributed by atoms with Gasteiger partial charge in [-0.2, -0.15) is 0 Å². The number of anilines is 1. The van der Waals surface area contributed by atoms with Gasteiger partial charge in [-0.15, -0.1) is 0 Å². The van der Waals surface area contributed by atoms with Crippen LogP contribution in [0.3, 0.4) is 0 Å². The Hall–Kier alpha value is -0.810. The first-order chi connectivity index (χ1) is 6.29. The highest BCUT2D eigenvalue weighted by atomic mass is 31.1. The number of nitrogens with zero attached hydrogens (tertiary/aromatic N) is 1. The number of benzene rings is 1. The fourth-order valence-corrected chi connectivity index (χ4v) is 2.61. The Morgan fingerprint density at radius 3 is 2.46 bits per heavy atom. The van der Waals surface area contributed by atoms with Crippen LogP contribution in [-0.4, -0.2) is 13.2 Å². The summed E-state index contributed by atoms with van der Waals surface area (Å²) in [6.07, 6.45) is 1.16. The number of para-hydroxylation sites is 1. The molecule has 0 aliphatic heterocycles. The average Bonchev–Trinajstić information content (AvgIpc) is 2.21. The Kier molecular flexibility index (Phi) is 3.98. The van der Waals surface area contributed by atoms with E-state index in [1.807, 2.05) is 6.07 Å². The minimum atomic E-state index is -0.197. The molecular formula is C11H16NP. The van der Waals surface area contributed by atoms with Crippen molar-refractivity contribution in [3.63, 3.8) is 0 Å². The molecule has 1 atom stereocenters. The second-order valence-electron chi connectivity index (χ2n) is 2.80. The Balaban J connectivity index is 2.77. The molecule has 1 nitrogen and oxygen atoms in total. The lowest BCUT2D eigenvalue weighted by Crippen LogP contribution is -2.09. The van der Waals surface area contributed by atoms with Crippen LogP contribution >= 0.6 is 8.07 Å². The summed E-state index contributed by atoms with van der Waals surface area (Å²) < 4.78 is 2.31. The molecule has 1 rings (SSSR count).